The molecule has 1 aliphatic heterocycles. The van der Waals surface area contributed by atoms with Gasteiger partial charge in [-0.3, -0.25) is 9.69 Å². The number of aromatic nitrogens is 2. The van der Waals surface area contributed by atoms with E-state index in [0.29, 0.717) is 34.4 Å². The quantitative estimate of drug-likeness (QED) is 0.353. The van der Waals surface area contributed by atoms with Gasteiger partial charge in [-0.1, -0.05) is 18.2 Å². The Balaban J connectivity index is 1.60. The van der Waals surface area contributed by atoms with Crippen LogP contribution in [0.4, 0.5) is 33.6 Å². The summed E-state index contributed by atoms with van der Waals surface area (Å²) in [6.45, 7) is 1.71. The number of amides is 3. The standard InChI is InChI=1S/C28H25N5O4/c1-19(34)32(23-11-15-25(37-3)16-12-23)27-29-17-20-18-31(21-9-13-24(36-2)14-10-21)28(35)33(26(20)30-27)22-7-5-4-6-8-22/h4-17H,18H2,1-3H3. The molecule has 186 valence electrons. The van der Waals surface area contributed by atoms with Crippen molar-refractivity contribution in [3.63, 3.8) is 0 Å². The summed E-state index contributed by atoms with van der Waals surface area (Å²) in [6.07, 6.45) is 1.66. The number of nitrogens with zero attached hydrogens (tertiary/aromatic N) is 5. The van der Waals surface area contributed by atoms with E-state index in [1.54, 1.807) is 54.5 Å². The molecule has 0 N–H and O–H groups in total. The lowest BCUT2D eigenvalue weighted by Gasteiger charge is -2.36. The molecule has 0 saturated carbocycles. The molecule has 0 radical (unpaired) electrons. The van der Waals surface area contributed by atoms with E-state index in [0.717, 1.165) is 5.56 Å². The highest BCUT2D eigenvalue weighted by molar-refractivity contribution is 6.10. The summed E-state index contributed by atoms with van der Waals surface area (Å²) < 4.78 is 10.5. The van der Waals surface area contributed by atoms with E-state index in [9.17, 15) is 9.59 Å². The molecule has 3 amide bonds. The zero-order valence-corrected chi connectivity index (χ0v) is 20.7. The fourth-order valence-corrected chi connectivity index (χ4v) is 4.19. The summed E-state index contributed by atoms with van der Waals surface area (Å²) in [6, 6.07) is 23.3. The van der Waals surface area contributed by atoms with Crippen LogP contribution in [0.15, 0.2) is 85.1 Å². The van der Waals surface area contributed by atoms with Gasteiger partial charge in [0.2, 0.25) is 11.9 Å². The first kappa shape index (κ1) is 23.8. The summed E-state index contributed by atoms with van der Waals surface area (Å²) in [4.78, 5) is 40.4. The summed E-state index contributed by atoms with van der Waals surface area (Å²) in [5.41, 5.74) is 2.68. The Hall–Kier alpha value is -4.92. The van der Waals surface area contributed by atoms with Crippen molar-refractivity contribution >= 4 is 40.8 Å². The second-order valence-corrected chi connectivity index (χ2v) is 8.31. The number of fused-ring (bicyclic) bond motifs is 1. The number of ether oxygens (including phenoxy) is 2. The molecule has 0 unspecified atom stereocenters. The molecular formula is C28H25N5O4. The molecule has 1 aliphatic rings. The molecular weight excluding hydrogens is 470 g/mol. The molecule has 0 spiro atoms. The maximum Gasteiger partial charge on any atom is 0.335 e. The monoisotopic (exact) mass is 495 g/mol. The van der Waals surface area contributed by atoms with Gasteiger partial charge in [-0.05, 0) is 60.7 Å². The second-order valence-electron chi connectivity index (χ2n) is 8.31. The fourth-order valence-electron chi connectivity index (χ4n) is 4.19. The number of methoxy groups -OCH3 is 2. The number of hydrogen-bond acceptors (Lipinski definition) is 6. The number of urea groups is 1. The number of carbonyl (C=O) groups is 2. The van der Waals surface area contributed by atoms with Crippen LogP contribution in [-0.4, -0.2) is 36.1 Å². The minimum Gasteiger partial charge on any atom is -0.497 e. The Bertz CT molecular complexity index is 1430. The first-order valence-electron chi connectivity index (χ1n) is 11.6. The van der Waals surface area contributed by atoms with Crippen LogP contribution in [0.25, 0.3) is 0 Å². The van der Waals surface area contributed by atoms with Crippen LogP contribution in [0.1, 0.15) is 12.5 Å². The van der Waals surface area contributed by atoms with Crippen LogP contribution in [0, 0.1) is 0 Å². The molecule has 9 nitrogen and oxygen atoms in total. The van der Waals surface area contributed by atoms with Crippen LogP contribution < -0.4 is 24.2 Å². The normalized spacial score (nSPS) is 12.7. The minimum absolute atomic E-state index is 0.169. The van der Waals surface area contributed by atoms with Crippen molar-refractivity contribution in [3.05, 3.63) is 90.6 Å². The van der Waals surface area contributed by atoms with E-state index >= 15 is 0 Å². The van der Waals surface area contributed by atoms with E-state index in [1.165, 1.54) is 11.8 Å². The highest BCUT2D eigenvalue weighted by Gasteiger charge is 2.35. The average molecular weight is 496 g/mol. The highest BCUT2D eigenvalue weighted by atomic mass is 16.5. The summed E-state index contributed by atoms with van der Waals surface area (Å²) >= 11 is 0. The molecule has 0 atom stereocenters. The summed E-state index contributed by atoms with van der Waals surface area (Å²) in [5, 5.41) is 0. The second kappa shape index (κ2) is 9.98. The van der Waals surface area contributed by atoms with Crippen molar-refractivity contribution < 1.29 is 19.1 Å². The van der Waals surface area contributed by atoms with E-state index in [1.807, 2.05) is 54.6 Å². The maximum atomic E-state index is 13.9. The van der Waals surface area contributed by atoms with Crippen molar-refractivity contribution in [2.45, 2.75) is 13.5 Å². The van der Waals surface area contributed by atoms with Crippen molar-refractivity contribution in [1.82, 2.24) is 9.97 Å². The maximum absolute atomic E-state index is 13.9. The van der Waals surface area contributed by atoms with Gasteiger partial charge >= 0.3 is 6.03 Å². The average Bonchev–Trinajstić information content (AvgIpc) is 2.93. The van der Waals surface area contributed by atoms with Crippen molar-refractivity contribution in [2.75, 3.05) is 28.9 Å². The van der Waals surface area contributed by atoms with E-state index in [-0.39, 0.29) is 24.4 Å². The Kier molecular flexibility index (Phi) is 6.42. The number of benzene rings is 3. The minimum atomic E-state index is -0.271. The number of hydrogen-bond donors (Lipinski definition) is 0. The third-order valence-corrected chi connectivity index (χ3v) is 6.04. The van der Waals surface area contributed by atoms with Crippen LogP contribution in [0.3, 0.4) is 0 Å². The molecule has 3 aromatic carbocycles. The predicted molar refractivity (Wildman–Crippen MR) is 141 cm³/mol. The van der Waals surface area contributed by atoms with Gasteiger partial charge in [-0.2, -0.15) is 4.98 Å². The third-order valence-electron chi connectivity index (χ3n) is 6.04. The van der Waals surface area contributed by atoms with Gasteiger partial charge in [0.05, 0.1) is 32.1 Å². The molecule has 0 saturated heterocycles. The molecule has 9 heteroatoms. The van der Waals surface area contributed by atoms with E-state index < -0.39 is 0 Å². The zero-order valence-electron chi connectivity index (χ0n) is 20.7. The first-order chi connectivity index (χ1) is 18.0. The number of carbonyl (C=O) groups excluding carboxylic acids is 2. The Morgan fingerprint density at radius 2 is 1.49 bits per heavy atom. The molecule has 0 bridgehead atoms. The molecule has 37 heavy (non-hydrogen) atoms. The van der Waals surface area contributed by atoms with E-state index in [2.05, 4.69) is 4.98 Å². The van der Waals surface area contributed by atoms with Crippen LogP contribution in [-0.2, 0) is 11.3 Å². The SMILES string of the molecule is COc1ccc(N2Cc3cnc(N(C(C)=O)c4ccc(OC)cc4)nc3N(c3ccccc3)C2=O)cc1. The van der Waals surface area contributed by atoms with Gasteiger partial charge in [-0.15, -0.1) is 0 Å². The summed E-state index contributed by atoms with van der Waals surface area (Å²) in [5.74, 6) is 1.69. The Morgan fingerprint density at radius 1 is 0.865 bits per heavy atom. The van der Waals surface area contributed by atoms with Gasteiger partial charge in [0.15, 0.2) is 5.82 Å². The highest BCUT2D eigenvalue weighted by Crippen LogP contribution is 2.37. The van der Waals surface area contributed by atoms with E-state index in [4.69, 9.17) is 14.5 Å². The van der Waals surface area contributed by atoms with Gasteiger partial charge in [0, 0.05) is 24.4 Å². The fraction of sp³-hybridized carbons (Fsp3) is 0.143. The van der Waals surface area contributed by atoms with Gasteiger partial charge < -0.3 is 9.47 Å². The number of rotatable bonds is 6. The number of anilines is 5. The first-order valence-corrected chi connectivity index (χ1v) is 11.6. The van der Waals surface area contributed by atoms with Gasteiger partial charge in [0.1, 0.15) is 11.5 Å². The smallest absolute Gasteiger partial charge is 0.335 e. The largest absolute Gasteiger partial charge is 0.497 e. The van der Waals surface area contributed by atoms with Crippen LogP contribution >= 0.6 is 0 Å². The third kappa shape index (κ3) is 4.54. The number of para-hydroxylation sites is 1. The Morgan fingerprint density at radius 3 is 2.08 bits per heavy atom. The molecule has 0 fully saturated rings. The van der Waals surface area contributed by atoms with Crippen LogP contribution in [0.5, 0.6) is 11.5 Å². The predicted octanol–water partition coefficient (Wildman–Crippen LogP) is 5.46. The van der Waals surface area contributed by atoms with Crippen molar-refractivity contribution in [2.24, 2.45) is 0 Å². The van der Waals surface area contributed by atoms with Gasteiger partial charge in [0.25, 0.3) is 0 Å². The van der Waals surface area contributed by atoms with Crippen molar-refractivity contribution in [1.29, 1.82) is 0 Å². The Labute approximate surface area is 214 Å². The molecule has 4 aromatic rings. The van der Waals surface area contributed by atoms with Crippen molar-refractivity contribution in [3.8, 4) is 11.5 Å². The zero-order chi connectivity index (χ0) is 25.9. The topological polar surface area (TPSA) is 88.1 Å². The molecule has 1 aromatic heterocycles. The summed E-state index contributed by atoms with van der Waals surface area (Å²) in [7, 11) is 3.17. The molecule has 2 heterocycles. The lowest BCUT2D eigenvalue weighted by Crippen LogP contribution is -2.45. The lowest BCUT2D eigenvalue weighted by molar-refractivity contribution is -0.115. The van der Waals surface area contributed by atoms with Crippen LogP contribution in [0.2, 0.25) is 0 Å². The lowest BCUT2D eigenvalue weighted by atomic mass is 10.1. The van der Waals surface area contributed by atoms with Gasteiger partial charge in [-0.25, -0.2) is 19.6 Å². The molecule has 5 rings (SSSR count). The molecule has 0 aliphatic carbocycles.